The van der Waals surface area contributed by atoms with Crippen molar-refractivity contribution in [2.75, 3.05) is 0 Å². The molecule has 0 fully saturated rings. The van der Waals surface area contributed by atoms with Crippen LogP contribution in [-0.4, -0.2) is 9.78 Å². The maximum atomic E-state index is 12.4. The highest BCUT2D eigenvalue weighted by Crippen LogP contribution is 2.05. The smallest absolute Gasteiger partial charge is 0.161 e. The number of halogens is 1. The van der Waals surface area contributed by atoms with Gasteiger partial charge in [0.15, 0.2) is 5.82 Å². The number of nitrogens with zero attached hydrogens (tertiary/aromatic N) is 2. The second-order valence-corrected chi connectivity index (χ2v) is 3.46. The van der Waals surface area contributed by atoms with Gasteiger partial charge in [-0.15, -0.1) is 0 Å². The van der Waals surface area contributed by atoms with Crippen molar-refractivity contribution in [2.45, 2.75) is 33.2 Å². The Morgan fingerprint density at radius 3 is 2.83 bits per heavy atom. The first-order valence-corrected chi connectivity index (χ1v) is 4.36. The molecule has 68 valence electrons. The van der Waals surface area contributed by atoms with Crippen molar-refractivity contribution in [1.82, 2.24) is 9.78 Å². The van der Waals surface area contributed by atoms with Crippen molar-refractivity contribution in [2.24, 2.45) is 5.92 Å². The quantitative estimate of drug-likeness (QED) is 0.678. The zero-order valence-corrected chi connectivity index (χ0v) is 7.63. The highest BCUT2D eigenvalue weighted by molar-refractivity contribution is 4.83. The molecule has 0 aromatic carbocycles. The molecule has 2 nitrogen and oxygen atoms in total. The molecule has 1 aromatic rings. The highest BCUT2D eigenvalue weighted by atomic mass is 19.1. The average molecular weight is 170 g/mol. The van der Waals surface area contributed by atoms with E-state index in [0.717, 1.165) is 13.0 Å². The molecule has 0 bridgehead atoms. The van der Waals surface area contributed by atoms with Gasteiger partial charge in [-0.2, -0.15) is 5.10 Å². The van der Waals surface area contributed by atoms with Crippen molar-refractivity contribution in [3.8, 4) is 0 Å². The fourth-order valence-corrected chi connectivity index (χ4v) is 1.12. The molecule has 0 unspecified atom stereocenters. The lowest BCUT2D eigenvalue weighted by molar-refractivity contribution is 0.488. The van der Waals surface area contributed by atoms with Gasteiger partial charge in [0.2, 0.25) is 0 Å². The standard InChI is InChI=1S/C9H15FN2/c1-8(2)4-3-5-12-7-9(10)6-11-12/h6-8H,3-5H2,1-2H3. The number of hydrogen-bond acceptors (Lipinski definition) is 1. The van der Waals surface area contributed by atoms with Crippen LogP contribution in [0.5, 0.6) is 0 Å². The van der Waals surface area contributed by atoms with Gasteiger partial charge in [0.1, 0.15) is 0 Å². The van der Waals surface area contributed by atoms with E-state index in [1.807, 2.05) is 0 Å². The fourth-order valence-electron chi connectivity index (χ4n) is 1.12. The molecule has 0 aliphatic carbocycles. The summed E-state index contributed by atoms with van der Waals surface area (Å²) in [7, 11) is 0. The van der Waals surface area contributed by atoms with Crippen LogP contribution in [0.25, 0.3) is 0 Å². The van der Waals surface area contributed by atoms with Gasteiger partial charge in [0.05, 0.1) is 12.4 Å². The largest absolute Gasteiger partial charge is 0.270 e. The fraction of sp³-hybridized carbons (Fsp3) is 0.667. The topological polar surface area (TPSA) is 17.8 Å². The molecule has 0 amide bonds. The summed E-state index contributed by atoms with van der Waals surface area (Å²) in [6.45, 7) is 5.19. The predicted molar refractivity (Wildman–Crippen MR) is 46.3 cm³/mol. The van der Waals surface area contributed by atoms with Crippen molar-refractivity contribution in [3.05, 3.63) is 18.2 Å². The zero-order valence-electron chi connectivity index (χ0n) is 7.63. The van der Waals surface area contributed by atoms with Gasteiger partial charge < -0.3 is 0 Å². The third kappa shape index (κ3) is 3.03. The van der Waals surface area contributed by atoms with Crippen LogP contribution in [0.2, 0.25) is 0 Å². The number of rotatable bonds is 4. The third-order valence-electron chi connectivity index (χ3n) is 1.77. The normalized spacial score (nSPS) is 11.0. The summed E-state index contributed by atoms with van der Waals surface area (Å²) >= 11 is 0. The SMILES string of the molecule is CC(C)CCCn1cc(F)cn1. The predicted octanol–water partition coefficient (Wildman–Crippen LogP) is 2.46. The Morgan fingerprint density at radius 1 is 1.58 bits per heavy atom. The minimum Gasteiger partial charge on any atom is -0.270 e. The minimum absolute atomic E-state index is 0.250. The minimum atomic E-state index is -0.250. The molecule has 0 aliphatic rings. The van der Waals surface area contributed by atoms with E-state index in [1.54, 1.807) is 4.68 Å². The molecular weight excluding hydrogens is 155 g/mol. The summed E-state index contributed by atoms with van der Waals surface area (Å²) in [6.07, 6.45) is 4.91. The Balaban J connectivity index is 2.24. The van der Waals surface area contributed by atoms with E-state index in [9.17, 15) is 4.39 Å². The Labute approximate surface area is 72.4 Å². The summed E-state index contributed by atoms with van der Waals surface area (Å²) < 4.78 is 14.1. The van der Waals surface area contributed by atoms with E-state index < -0.39 is 0 Å². The summed E-state index contributed by atoms with van der Waals surface area (Å²) in [5, 5.41) is 3.85. The molecule has 0 saturated heterocycles. The molecule has 0 N–H and O–H groups in total. The molecule has 1 heterocycles. The van der Waals surface area contributed by atoms with Crippen LogP contribution in [0.3, 0.4) is 0 Å². The first-order valence-electron chi connectivity index (χ1n) is 4.36. The van der Waals surface area contributed by atoms with Gasteiger partial charge in [0.25, 0.3) is 0 Å². The Hall–Kier alpha value is -0.860. The lowest BCUT2D eigenvalue weighted by atomic mass is 10.1. The van der Waals surface area contributed by atoms with Crippen LogP contribution < -0.4 is 0 Å². The van der Waals surface area contributed by atoms with E-state index in [2.05, 4.69) is 18.9 Å². The molecule has 12 heavy (non-hydrogen) atoms. The molecule has 0 aliphatic heterocycles. The lowest BCUT2D eigenvalue weighted by Gasteiger charge is -2.03. The van der Waals surface area contributed by atoms with E-state index in [1.165, 1.54) is 18.8 Å². The van der Waals surface area contributed by atoms with Gasteiger partial charge in [0, 0.05) is 6.54 Å². The second kappa shape index (κ2) is 4.24. The van der Waals surface area contributed by atoms with Crippen LogP contribution in [0, 0.1) is 11.7 Å². The number of aryl methyl sites for hydroxylation is 1. The summed E-state index contributed by atoms with van der Waals surface area (Å²) in [4.78, 5) is 0. The van der Waals surface area contributed by atoms with Crippen molar-refractivity contribution >= 4 is 0 Å². The van der Waals surface area contributed by atoms with E-state index in [4.69, 9.17) is 0 Å². The molecule has 0 spiro atoms. The van der Waals surface area contributed by atoms with E-state index in [-0.39, 0.29) is 5.82 Å². The zero-order chi connectivity index (χ0) is 8.97. The molecular formula is C9H15FN2. The second-order valence-electron chi connectivity index (χ2n) is 3.46. The summed E-state index contributed by atoms with van der Waals surface area (Å²) in [5.74, 6) is 0.463. The first-order chi connectivity index (χ1) is 5.68. The van der Waals surface area contributed by atoms with Crippen LogP contribution in [0.15, 0.2) is 12.4 Å². The Morgan fingerprint density at radius 2 is 2.33 bits per heavy atom. The van der Waals surface area contributed by atoms with Gasteiger partial charge in [-0.25, -0.2) is 4.39 Å². The van der Waals surface area contributed by atoms with Crippen LogP contribution in [0.1, 0.15) is 26.7 Å². The Bertz CT molecular complexity index is 230. The average Bonchev–Trinajstić information content (AvgIpc) is 2.35. The monoisotopic (exact) mass is 170 g/mol. The first kappa shape index (κ1) is 9.23. The summed E-state index contributed by atoms with van der Waals surface area (Å²) in [5.41, 5.74) is 0. The van der Waals surface area contributed by atoms with Crippen molar-refractivity contribution in [3.63, 3.8) is 0 Å². The van der Waals surface area contributed by atoms with Crippen LogP contribution >= 0.6 is 0 Å². The molecule has 0 radical (unpaired) electrons. The Kier molecular flexibility index (Phi) is 3.26. The number of aromatic nitrogens is 2. The number of hydrogen-bond donors (Lipinski definition) is 0. The van der Waals surface area contributed by atoms with Gasteiger partial charge in [-0.05, 0) is 18.8 Å². The van der Waals surface area contributed by atoms with Crippen molar-refractivity contribution < 1.29 is 4.39 Å². The van der Waals surface area contributed by atoms with Gasteiger partial charge in [-0.3, -0.25) is 4.68 Å². The van der Waals surface area contributed by atoms with E-state index >= 15 is 0 Å². The molecule has 0 atom stereocenters. The highest BCUT2D eigenvalue weighted by Gasteiger charge is 1.97. The van der Waals surface area contributed by atoms with E-state index in [0.29, 0.717) is 5.92 Å². The molecule has 3 heteroatoms. The maximum Gasteiger partial charge on any atom is 0.161 e. The molecule has 1 aromatic heterocycles. The molecule has 1 rings (SSSR count). The summed E-state index contributed by atoms with van der Waals surface area (Å²) in [6, 6.07) is 0. The van der Waals surface area contributed by atoms with Crippen LogP contribution in [0.4, 0.5) is 4.39 Å². The third-order valence-corrected chi connectivity index (χ3v) is 1.77. The van der Waals surface area contributed by atoms with Crippen molar-refractivity contribution in [1.29, 1.82) is 0 Å². The van der Waals surface area contributed by atoms with Crippen LogP contribution in [-0.2, 0) is 6.54 Å². The lowest BCUT2D eigenvalue weighted by Crippen LogP contribution is -1.99. The van der Waals surface area contributed by atoms with Gasteiger partial charge in [-0.1, -0.05) is 13.8 Å². The maximum absolute atomic E-state index is 12.4. The molecule has 0 saturated carbocycles. The van der Waals surface area contributed by atoms with Gasteiger partial charge >= 0.3 is 0 Å².